The molecule has 0 saturated heterocycles. The highest BCUT2D eigenvalue weighted by Crippen LogP contribution is 2.17. The molecule has 1 rings (SSSR count). The molecule has 5 heteroatoms. The molecule has 0 aromatic rings. The third kappa shape index (κ3) is 9.49. The van der Waals surface area contributed by atoms with Crippen molar-refractivity contribution < 1.29 is 0 Å². The van der Waals surface area contributed by atoms with Crippen molar-refractivity contribution in [3.8, 4) is 0 Å². The summed E-state index contributed by atoms with van der Waals surface area (Å²) in [4.78, 5) is 4.61. The topological polar surface area (TPSA) is 48.5 Å². The monoisotopic (exact) mass is 382 g/mol. The molecule has 0 amide bonds. The minimum Gasteiger partial charge on any atom is -0.357 e. The van der Waals surface area contributed by atoms with E-state index in [1.54, 1.807) is 0 Å². The number of nitrogens with zero attached hydrogens (tertiary/aromatic N) is 1. The summed E-state index contributed by atoms with van der Waals surface area (Å²) >= 11 is 0. The van der Waals surface area contributed by atoms with E-state index in [1.807, 2.05) is 0 Å². The van der Waals surface area contributed by atoms with Crippen LogP contribution in [-0.2, 0) is 0 Å². The van der Waals surface area contributed by atoms with Gasteiger partial charge in [-0.25, -0.2) is 0 Å². The fraction of sp³-hybridized carbons (Fsp3) is 0.929. The van der Waals surface area contributed by atoms with Gasteiger partial charge >= 0.3 is 0 Å². The number of hydrogen-bond donors (Lipinski definition) is 3. The molecule has 1 aliphatic rings. The average Bonchev–Trinajstić information content (AvgIpc) is 2.76. The number of aliphatic imine (C=N–C) groups is 1. The maximum Gasteiger partial charge on any atom is 0.191 e. The van der Waals surface area contributed by atoms with E-state index in [9.17, 15) is 0 Å². The molecule has 1 fully saturated rings. The molecule has 0 heterocycles. The second kappa shape index (κ2) is 9.80. The molecule has 0 aromatic carbocycles. The highest BCUT2D eigenvalue weighted by atomic mass is 127. The third-order valence-corrected chi connectivity index (χ3v) is 3.08. The van der Waals surface area contributed by atoms with Gasteiger partial charge in [-0.1, -0.05) is 12.8 Å². The lowest BCUT2D eigenvalue weighted by Gasteiger charge is -2.20. The van der Waals surface area contributed by atoms with Crippen molar-refractivity contribution in [1.29, 1.82) is 0 Å². The predicted octanol–water partition coefficient (Wildman–Crippen LogP) is 2.49. The number of guanidine groups is 1. The standard InChI is InChI=1S/C14H30N4.HI/c1-5-15-13(18-12-8-6-7-9-12)16-10-11-17-14(2,3)4;/h12,17H,5-11H2,1-4H3,(H2,15,16,18);1H. The Hall–Kier alpha value is -0.0400. The van der Waals surface area contributed by atoms with Crippen LogP contribution in [0.5, 0.6) is 0 Å². The van der Waals surface area contributed by atoms with Gasteiger partial charge in [-0.3, -0.25) is 4.99 Å². The Balaban J connectivity index is 0.00000324. The van der Waals surface area contributed by atoms with Crippen LogP contribution in [0.1, 0.15) is 53.4 Å². The Bertz CT molecular complexity index is 255. The van der Waals surface area contributed by atoms with Crippen LogP contribution in [0.2, 0.25) is 0 Å². The predicted molar refractivity (Wildman–Crippen MR) is 94.5 cm³/mol. The molecule has 19 heavy (non-hydrogen) atoms. The lowest BCUT2D eigenvalue weighted by Crippen LogP contribution is -2.43. The molecule has 3 N–H and O–H groups in total. The van der Waals surface area contributed by atoms with Crippen LogP contribution in [-0.4, -0.2) is 37.2 Å². The molecule has 1 saturated carbocycles. The van der Waals surface area contributed by atoms with E-state index in [4.69, 9.17) is 0 Å². The van der Waals surface area contributed by atoms with E-state index in [0.717, 1.165) is 25.6 Å². The van der Waals surface area contributed by atoms with Gasteiger partial charge in [-0.05, 0) is 40.5 Å². The second-order valence-electron chi connectivity index (χ2n) is 6.06. The van der Waals surface area contributed by atoms with Gasteiger partial charge in [-0.15, -0.1) is 24.0 Å². The van der Waals surface area contributed by atoms with Crippen LogP contribution in [0.3, 0.4) is 0 Å². The van der Waals surface area contributed by atoms with Gasteiger partial charge in [-0.2, -0.15) is 0 Å². The molecule has 4 nitrogen and oxygen atoms in total. The largest absolute Gasteiger partial charge is 0.357 e. The Morgan fingerprint density at radius 2 is 1.84 bits per heavy atom. The first-order valence-corrected chi connectivity index (χ1v) is 7.31. The van der Waals surface area contributed by atoms with Crippen molar-refractivity contribution >= 4 is 29.9 Å². The summed E-state index contributed by atoms with van der Waals surface area (Å²) in [6, 6.07) is 0.623. The zero-order valence-corrected chi connectivity index (χ0v) is 15.2. The molecule has 0 radical (unpaired) electrons. The van der Waals surface area contributed by atoms with Gasteiger partial charge in [0.05, 0.1) is 6.54 Å². The Labute approximate surface area is 135 Å². The van der Waals surface area contributed by atoms with Crippen LogP contribution in [0, 0.1) is 0 Å². The number of halogens is 1. The van der Waals surface area contributed by atoms with Crippen LogP contribution < -0.4 is 16.0 Å². The van der Waals surface area contributed by atoms with Crippen molar-refractivity contribution in [2.24, 2.45) is 4.99 Å². The van der Waals surface area contributed by atoms with Gasteiger partial charge < -0.3 is 16.0 Å². The number of hydrogen-bond acceptors (Lipinski definition) is 2. The fourth-order valence-corrected chi connectivity index (χ4v) is 2.18. The quantitative estimate of drug-likeness (QED) is 0.296. The minimum absolute atomic E-state index is 0. The van der Waals surface area contributed by atoms with Crippen LogP contribution in [0.25, 0.3) is 0 Å². The van der Waals surface area contributed by atoms with Gasteiger partial charge in [0.15, 0.2) is 5.96 Å². The minimum atomic E-state index is 0. The summed E-state index contributed by atoms with van der Waals surface area (Å²) in [5.41, 5.74) is 0.173. The molecule has 0 aromatic heterocycles. The highest BCUT2D eigenvalue weighted by molar-refractivity contribution is 14.0. The molecular formula is C14H31IN4. The Kier molecular flexibility index (Phi) is 9.78. The summed E-state index contributed by atoms with van der Waals surface area (Å²) in [5.74, 6) is 0.972. The summed E-state index contributed by atoms with van der Waals surface area (Å²) in [5, 5.41) is 10.3. The SMILES string of the molecule is CCNC(=NCCNC(C)(C)C)NC1CCCC1.I. The van der Waals surface area contributed by atoms with E-state index in [2.05, 4.69) is 48.6 Å². The molecule has 0 spiro atoms. The van der Waals surface area contributed by atoms with Gasteiger partial charge in [0.1, 0.15) is 0 Å². The smallest absolute Gasteiger partial charge is 0.191 e. The van der Waals surface area contributed by atoms with Crippen molar-refractivity contribution in [3.05, 3.63) is 0 Å². The second-order valence-corrected chi connectivity index (χ2v) is 6.06. The molecule has 114 valence electrons. The first-order chi connectivity index (χ1) is 8.51. The van der Waals surface area contributed by atoms with E-state index in [1.165, 1.54) is 25.7 Å². The molecule has 1 aliphatic carbocycles. The highest BCUT2D eigenvalue weighted by Gasteiger charge is 2.15. The molecule has 0 aliphatic heterocycles. The first-order valence-electron chi connectivity index (χ1n) is 7.31. The van der Waals surface area contributed by atoms with Crippen molar-refractivity contribution in [3.63, 3.8) is 0 Å². The molecule has 0 unspecified atom stereocenters. The lowest BCUT2D eigenvalue weighted by atomic mass is 10.1. The maximum absolute atomic E-state index is 4.61. The van der Waals surface area contributed by atoms with Gasteiger partial charge in [0, 0.05) is 24.7 Å². The van der Waals surface area contributed by atoms with Crippen LogP contribution in [0.15, 0.2) is 4.99 Å². The summed E-state index contributed by atoms with van der Waals surface area (Å²) in [6.07, 6.45) is 5.26. The summed E-state index contributed by atoms with van der Waals surface area (Å²) in [7, 11) is 0. The molecule has 0 bridgehead atoms. The van der Waals surface area contributed by atoms with Crippen molar-refractivity contribution in [2.75, 3.05) is 19.6 Å². The van der Waals surface area contributed by atoms with Crippen molar-refractivity contribution in [1.82, 2.24) is 16.0 Å². The molecule has 0 atom stereocenters. The fourth-order valence-electron chi connectivity index (χ4n) is 2.18. The summed E-state index contributed by atoms with van der Waals surface area (Å²) < 4.78 is 0. The van der Waals surface area contributed by atoms with Crippen molar-refractivity contribution in [2.45, 2.75) is 65.0 Å². The Morgan fingerprint density at radius 1 is 1.21 bits per heavy atom. The van der Waals surface area contributed by atoms with Crippen LogP contribution in [0.4, 0.5) is 0 Å². The number of rotatable bonds is 5. The average molecular weight is 382 g/mol. The first kappa shape index (κ1) is 19.0. The maximum atomic E-state index is 4.61. The van der Waals surface area contributed by atoms with E-state index in [0.29, 0.717) is 6.04 Å². The van der Waals surface area contributed by atoms with Gasteiger partial charge in [0.25, 0.3) is 0 Å². The van der Waals surface area contributed by atoms with Crippen LogP contribution >= 0.6 is 24.0 Å². The van der Waals surface area contributed by atoms with E-state index >= 15 is 0 Å². The zero-order chi connectivity index (χ0) is 13.4. The lowest BCUT2D eigenvalue weighted by molar-refractivity contribution is 0.432. The number of nitrogens with one attached hydrogen (secondary N) is 3. The zero-order valence-electron chi connectivity index (χ0n) is 12.9. The Morgan fingerprint density at radius 3 is 2.37 bits per heavy atom. The molecular weight excluding hydrogens is 351 g/mol. The summed E-state index contributed by atoms with van der Waals surface area (Å²) in [6.45, 7) is 11.3. The van der Waals surface area contributed by atoms with E-state index < -0.39 is 0 Å². The normalized spacial score (nSPS) is 17.2. The van der Waals surface area contributed by atoms with Gasteiger partial charge in [0.2, 0.25) is 0 Å². The third-order valence-electron chi connectivity index (χ3n) is 3.08. The van der Waals surface area contributed by atoms with E-state index in [-0.39, 0.29) is 29.5 Å².